The molecule has 4 nitrogen and oxygen atoms in total. The van der Waals surface area contributed by atoms with Gasteiger partial charge in [-0.25, -0.2) is 9.37 Å². The van der Waals surface area contributed by atoms with Crippen molar-refractivity contribution in [1.82, 2.24) is 9.55 Å². The summed E-state index contributed by atoms with van der Waals surface area (Å²) < 4.78 is 15.7. The van der Waals surface area contributed by atoms with E-state index >= 15 is 0 Å². The summed E-state index contributed by atoms with van der Waals surface area (Å²) in [5.41, 5.74) is 3.32. The topological polar surface area (TPSA) is 58.7 Å². The third-order valence-corrected chi connectivity index (χ3v) is 6.13. The molecule has 0 aliphatic carbocycles. The molecule has 1 unspecified atom stereocenters. The first-order valence-electron chi connectivity index (χ1n) is 9.86. The van der Waals surface area contributed by atoms with E-state index in [0.717, 1.165) is 11.1 Å². The third kappa shape index (κ3) is 4.37. The molecule has 1 atom stereocenters. The van der Waals surface area contributed by atoms with Gasteiger partial charge in [0.2, 0.25) is 0 Å². The van der Waals surface area contributed by atoms with Gasteiger partial charge in [-0.2, -0.15) is 5.26 Å². The maximum Gasteiger partial charge on any atom is 0.266 e. The minimum absolute atomic E-state index is 0.289. The number of thioether (sulfide) groups is 1. The van der Waals surface area contributed by atoms with Crippen LogP contribution in [0, 0.1) is 31.0 Å². The molecule has 0 saturated heterocycles. The zero-order valence-corrected chi connectivity index (χ0v) is 18.0. The highest BCUT2D eigenvalue weighted by Gasteiger charge is 2.19. The van der Waals surface area contributed by atoms with E-state index in [1.807, 2.05) is 37.3 Å². The number of nitrogens with zero attached hydrogens (tertiary/aromatic N) is 3. The molecule has 0 aliphatic heterocycles. The predicted molar refractivity (Wildman–Crippen MR) is 122 cm³/mol. The van der Waals surface area contributed by atoms with E-state index in [1.165, 1.54) is 22.4 Å². The van der Waals surface area contributed by atoms with Gasteiger partial charge in [-0.1, -0.05) is 59.8 Å². The first-order chi connectivity index (χ1) is 15.0. The standard InChI is InChI=1S/C25H20FN3OS/c1-16-7-10-18(11-8-16)13-20(15-27)31-25-28-23-6-4-3-5-21(23)24(30)29(25)19-12-9-17(2)22(26)14-19/h3-12,14,20H,13H2,1-2H3. The van der Waals surface area contributed by atoms with Crippen LogP contribution in [-0.4, -0.2) is 14.8 Å². The molecule has 3 aromatic carbocycles. The number of aryl methyl sites for hydroxylation is 2. The molecule has 154 valence electrons. The van der Waals surface area contributed by atoms with Gasteiger partial charge in [0.05, 0.1) is 22.7 Å². The van der Waals surface area contributed by atoms with Crippen LogP contribution in [0.25, 0.3) is 16.6 Å². The number of halogens is 1. The van der Waals surface area contributed by atoms with E-state index in [4.69, 9.17) is 0 Å². The molecule has 31 heavy (non-hydrogen) atoms. The highest BCUT2D eigenvalue weighted by molar-refractivity contribution is 8.00. The van der Waals surface area contributed by atoms with Crippen LogP contribution in [0.15, 0.2) is 76.7 Å². The quantitative estimate of drug-likeness (QED) is 0.316. The molecule has 4 aromatic rings. The number of hydrogen-bond acceptors (Lipinski definition) is 4. The Morgan fingerprint density at radius 2 is 1.84 bits per heavy atom. The lowest BCUT2D eigenvalue weighted by Crippen LogP contribution is -2.23. The lowest BCUT2D eigenvalue weighted by Gasteiger charge is -2.16. The molecule has 6 heteroatoms. The molecule has 0 saturated carbocycles. The molecule has 0 aliphatic rings. The summed E-state index contributed by atoms with van der Waals surface area (Å²) in [5.74, 6) is -0.398. The van der Waals surface area contributed by atoms with Gasteiger partial charge in [0, 0.05) is 0 Å². The van der Waals surface area contributed by atoms with E-state index in [-0.39, 0.29) is 5.56 Å². The van der Waals surface area contributed by atoms with Crippen LogP contribution in [0.3, 0.4) is 0 Å². The van der Waals surface area contributed by atoms with Gasteiger partial charge in [0.15, 0.2) is 5.16 Å². The second-order valence-electron chi connectivity index (χ2n) is 7.41. The average Bonchev–Trinajstić information content (AvgIpc) is 2.77. The van der Waals surface area contributed by atoms with Crippen LogP contribution < -0.4 is 5.56 Å². The minimum Gasteiger partial charge on any atom is -0.268 e. The van der Waals surface area contributed by atoms with E-state index < -0.39 is 11.1 Å². The van der Waals surface area contributed by atoms with Gasteiger partial charge in [-0.15, -0.1) is 0 Å². The fourth-order valence-electron chi connectivity index (χ4n) is 3.32. The summed E-state index contributed by atoms with van der Waals surface area (Å²) in [7, 11) is 0. The maximum atomic E-state index is 14.3. The van der Waals surface area contributed by atoms with E-state index in [1.54, 1.807) is 37.3 Å². The second kappa shape index (κ2) is 8.75. The monoisotopic (exact) mass is 429 g/mol. The molecular weight excluding hydrogens is 409 g/mol. The maximum absolute atomic E-state index is 14.3. The first kappa shape index (κ1) is 20.8. The van der Waals surface area contributed by atoms with Crippen molar-refractivity contribution >= 4 is 22.7 Å². The van der Waals surface area contributed by atoms with Crippen molar-refractivity contribution in [3.63, 3.8) is 0 Å². The fraction of sp³-hybridized carbons (Fsp3) is 0.160. The number of hydrogen-bond donors (Lipinski definition) is 0. The van der Waals surface area contributed by atoms with E-state index in [9.17, 15) is 14.4 Å². The Kier molecular flexibility index (Phi) is 5.88. The summed E-state index contributed by atoms with van der Waals surface area (Å²) in [5, 5.41) is 10.1. The number of fused-ring (bicyclic) bond motifs is 1. The van der Waals surface area contributed by atoms with Crippen LogP contribution in [0.4, 0.5) is 4.39 Å². The van der Waals surface area contributed by atoms with Gasteiger partial charge >= 0.3 is 0 Å². The molecule has 4 rings (SSSR count). The molecule has 0 N–H and O–H groups in total. The van der Waals surface area contributed by atoms with Crippen LogP contribution in [-0.2, 0) is 6.42 Å². The van der Waals surface area contributed by atoms with Gasteiger partial charge in [-0.3, -0.25) is 9.36 Å². The van der Waals surface area contributed by atoms with Crippen LogP contribution in [0.1, 0.15) is 16.7 Å². The molecule has 0 radical (unpaired) electrons. The summed E-state index contributed by atoms with van der Waals surface area (Å²) >= 11 is 1.22. The van der Waals surface area contributed by atoms with Gasteiger partial charge in [-0.05, 0) is 55.7 Å². The van der Waals surface area contributed by atoms with Crippen molar-refractivity contribution in [1.29, 1.82) is 5.26 Å². The largest absolute Gasteiger partial charge is 0.268 e. The smallest absolute Gasteiger partial charge is 0.266 e. The number of aromatic nitrogens is 2. The first-order valence-corrected chi connectivity index (χ1v) is 10.7. The van der Waals surface area contributed by atoms with Crippen LogP contribution in [0.2, 0.25) is 0 Å². The normalized spacial score (nSPS) is 11.9. The fourth-order valence-corrected chi connectivity index (χ4v) is 4.35. The Balaban J connectivity index is 1.81. The van der Waals surface area contributed by atoms with Crippen molar-refractivity contribution in [3.8, 4) is 11.8 Å². The Morgan fingerprint density at radius 3 is 2.55 bits per heavy atom. The summed E-state index contributed by atoms with van der Waals surface area (Å²) in [6.45, 7) is 3.68. The Hall–Kier alpha value is -3.43. The molecule has 1 aromatic heterocycles. The zero-order valence-electron chi connectivity index (χ0n) is 17.2. The minimum atomic E-state index is -0.461. The van der Waals surface area contributed by atoms with Gasteiger partial charge in [0.25, 0.3) is 5.56 Å². The highest BCUT2D eigenvalue weighted by atomic mass is 32.2. The lowest BCUT2D eigenvalue weighted by atomic mass is 10.1. The van der Waals surface area contributed by atoms with E-state index in [0.29, 0.717) is 33.7 Å². The highest BCUT2D eigenvalue weighted by Crippen LogP contribution is 2.27. The summed E-state index contributed by atoms with van der Waals surface area (Å²) in [6.07, 6.45) is 0.506. The average molecular weight is 430 g/mol. The van der Waals surface area contributed by atoms with Gasteiger partial charge in [0.1, 0.15) is 11.1 Å². The number of para-hydroxylation sites is 1. The van der Waals surface area contributed by atoms with Crippen molar-refractivity contribution < 1.29 is 4.39 Å². The Labute approximate surface area is 184 Å². The van der Waals surface area contributed by atoms with Crippen LogP contribution >= 0.6 is 11.8 Å². The van der Waals surface area contributed by atoms with Crippen molar-refractivity contribution in [2.75, 3.05) is 0 Å². The number of rotatable bonds is 5. The predicted octanol–water partition coefficient (Wildman–Crippen LogP) is 5.37. The van der Waals surface area contributed by atoms with Crippen molar-refractivity contribution in [2.45, 2.75) is 30.7 Å². The second-order valence-corrected chi connectivity index (χ2v) is 8.58. The Morgan fingerprint density at radius 1 is 1.10 bits per heavy atom. The van der Waals surface area contributed by atoms with Gasteiger partial charge < -0.3 is 0 Å². The molecule has 0 bridgehead atoms. The number of benzene rings is 3. The molecular formula is C25H20FN3OS. The summed E-state index contributed by atoms with van der Waals surface area (Å²) in [4.78, 5) is 18.0. The van der Waals surface area contributed by atoms with Crippen molar-refractivity contribution in [3.05, 3.63) is 99.6 Å². The molecule has 0 amide bonds. The molecule has 0 spiro atoms. The van der Waals surface area contributed by atoms with E-state index in [2.05, 4.69) is 11.1 Å². The molecule has 0 fully saturated rings. The zero-order chi connectivity index (χ0) is 22.0. The van der Waals surface area contributed by atoms with Crippen molar-refractivity contribution in [2.24, 2.45) is 0 Å². The van der Waals surface area contributed by atoms with Crippen LogP contribution in [0.5, 0.6) is 0 Å². The third-order valence-electron chi connectivity index (χ3n) is 5.09. The lowest BCUT2D eigenvalue weighted by molar-refractivity contribution is 0.615. The SMILES string of the molecule is Cc1ccc(CC(C#N)Sc2nc3ccccc3c(=O)n2-c2ccc(C)c(F)c2)cc1. The molecule has 1 heterocycles. The Bertz CT molecular complexity index is 1360. The number of nitriles is 1. The summed E-state index contributed by atoms with van der Waals surface area (Å²) in [6, 6.07) is 22.0.